The van der Waals surface area contributed by atoms with Gasteiger partial charge in [0.25, 0.3) is 0 Å². The van der Waals surface area contributed by atoms with E-state index in [0.717, 1.165) is 33.5 Å². The highest BCUT2D eigenvalue weighted by Crippen LogP contribution is 2.65. The lowest BCUT2D eigenvalue weighted by Gasteiger charge is -2.26. The number of morpholine rings is 1. The number of hydrogen-bond donors (Lipinski definition) is 3. The summed E-state index contributed by atoms with van der Waals surface area (Å²) in [5, 5.41) is 14.7. The van der Waals surface area contributed by atoms with Crippen molar-refractivity contribution in [2.45, 2.75) is 22.6 Å². The first-order valence-corrected chi connectivity index (χ1v) is 14.8. The summed E-state index contributed by atoms with van der Waals surface area (Å²) in [6.07, 6.45) is 0.714. The molecule has 1 saturated carbocycles. The normalized spacial score (nSPS) is 22.0. The lowest BCUT2D eigenvalue weighted by atomic mass is 9.91. The summed E-state index contributed by atoms with van der Waals surface area (Å²) in [4.78, 5) is 13.2. The number of nitrogens with one attached hydrogen (secondary N) is 3. The first kappa shape index (κ1) is 25.8. The van der Waals surface area contributed by atoms with Crippen LogP contribution in [-0.2, 0) is 25.0 Å². The van der Waals surface area contributed by atoms with Crippen LogP contribution in [0.2, 0.25) is 0 Å². The van der Waals surface area contributed by atoms with E-state index in [2.05, 4.69) is 20.8 Å². The van der Waals surface area contributed by atoms with E-state index in [1.807, 2.05) is 36.4 Å². The van der Waals surface area contributed by atoms with Crippen LogP contribution < -0.4 is 20.1 Å². The number of sulfonamides is 1. The average Bonchev–Trinajstić information content (AvgIpc) is 3.55. The van der Waals surface area contributed by atoms with Crippen molar-refractivity contribution in [3.05, 3.63) is 65.7 Å². The quantitative estimate of drug-likeness (QED) is 0.304. The molecule has 3 aliphatic rings. The van der Waals surface area contributed by atoms with E-state index >= 15 is 0 Å². The highest BCUT2D eigenvalue weighted by atomic mass is 32.2. The molecule has 0 unspecified atom stereocenters. The van der Waals surface area contributed by atoms with Gasteiger partial charge in [0, 0.05) is 30.1 Å². The summed E-state index contributed by atoms with van der Waals surface area (Å²) >= 11 is 0. The van der Waals surface area contributed by atoms with Crippen LogP contribution in [0.4, 0.5) is 17.2 Å². The number of anilines is 3. The Morgan fingerprint density at radius 3 is 2.66 bits per heavy atom. The molecule has 12 heteroatoms. The second-order valence-electron chi connectivity index (χ2n) is 10.5. The lowest BCUT2D eigenvalue weighted by molar-refractivity contribution is -0.118. The lowest BCUT2D eigenvalue weighted by Crippen LogP contribution is -2.40. The van der Waals surface area contributed by atoms with E-state index < -0.39 is 15.4 Å². The summed E-state index contributed by atoms with van der Waals surface area (Å²) in [6, 6.07) is 16.4. The zero-order valence-corrected chi connectivity index (χ0v) is 23.4. The van der Waals surface area contributed by atoms with Crippen molar-refractivity contribution in [1.82, 2.24) is 14.5 Å². The van der Waals surface area contributed by atoms with Gasteiger partial charge < -0.3 is 24.8 Å². The smallest absolute Gasteiger partial charge is 0.243 e. The zero-order chi connectivity index (χ0) is 28.4. The second-order valence-corrected chi connectivity index (χ2v) is 12.4. The van der Waals surface area contributed by atoms with Gasteiger partial charge in [-0.2, -0.15) is 9.40 Å². The molecule has 11 nitrogen and oxygen atoms in total. The number of carbonyl (C=O) groups is 1. The number of amides is 1. The Hall–Kier alpha value is -4.13. The molecule has 2 aliphatic heterocycles. The van der Waals surface area contributed by atoms with Crippen molar-refractivity contribution >= 4 is 44.0 Å². The number of H-pyrrole nitrogens is 1. The number of aromatic nitrogens is 2. The molecule has 1 amide bonds. The zero-order valence-electron chi connectivity index (χ0n) is 22.6. The van der Waals surface area contributed by atoms with E-state index in [1.165, 1.54) is 11.4 Å². The molecule has 41 heavy (non-hydrogen) atoms. The number of nitrogens with zero attached hydrogens (tertiary/aromatic N) is 2. The van der Waals surface area contributed by atoms with Gasteiger partial charge in [0.05, 0.1) is 48.9 Å². The van der Waals surface area contributed by atoms with Gasteiger partial charge in [0.2, 0.25) is 15.9 Å². The Morgan fingerprint density at radius 2 is 1.88 bits per heavy atom. The Labute approximate surface area is 236 Å². The van der Waals surface area contributed by atoms with E-state index in [9.17, 15) is 13.2 Å². The summed E-state index contributed by atoms with van der Waals surface area (Å²) in [6.45, 7) is 1.36. The number of benzene rings is 3. The molecule has 1 saturated heterocycles. The molecule has 1 aromatic heterocycles. The molecule has 2 atom stereocenters. The molecular weight excluding hydrogens is 546 g/mol. The van der Waals surface area contributed by atoms with Gasteiger partial charge in [-0.3, -0.25) is 9.89 Å². The average molecular weight is 576 g/mol. The van der Waals surface area contributed by atoms with Crippen LogP contribution in [0.5, 0.6) is 11.5 Å². The van der Waals surface area contributed by atoms with Crippen LogP contribution in [0.3, 0.4) is 0 Å². The number of methoxy groups -OCH3 is 2. The minimum Gasteiger partial charge on any atom is -0.497 e. The van der Waals surface area contributed by atoms with Gasteiger partial charge in [-0.15, -0.1) is 0 Å². The van der Waals surface area contributed by atoms with Crippen LogP contribution >= 0.6 is 0 Å². The predicted molar refractivity (Wildman–Crippen MR) is 153 cm³/mol. The number of fused-ring (bicyclic) bond motifs is 3. The van der Waals surface area contributed by atoms with Gasteiger partial charge in [0.15, 0.2) is 5.82 Å². The van der Waals surface area contributed by atoms with Crippen molar-refractivity contribution in [3.63, 3.8) is 0 Å². The molecular formula is C29H29N5O6S. The minimum absolute atomic E-state index is 0.0109. The molecule has 0 radical (unpaired) electrons. The summed E-state index contributed by atoms with van der Waals surface area (Å²) in [5.41, 5.74) is 3.52. The van der Waals surface area contributed by atoms with Crippen molar-refractivity contribution in [3.8, 4) is 11.5 Å². The van der Waals surface area contributed by atoms with Crippen LogP contribution in [0.1, 0.15) is 23.5 Å². The van der Waals surface area contributed by atoms with Gasteiger partial charge in [-0.1, -0.05) is 6.07 Å². The largest absolute Gasteiger partial charge is 0.497 e. The molecule has 2 fully saturated rings. The van der Waals surface area contributed by atoms with Crippen molar-refractivity contribution in [2.24, 2.45) is 0 Å². The maximum absolute atomic E-state index is 13.2. The first-order valence-electron chi connectivity index (χ1n) is 13.4. The summed E-state index contributed by atoms with van der Waals surface area (Å²) in [7, 11) is -0.539. The maximum Gasteiger partial charge on any atom is 0.243 e. The molecule has 4 aromatic rings. The van der Waals surface area contributed by atoms with Crippen molar-refractivity contribution in [1.29, 1.82) is 0 Å². The van der Waals surface area contributed by atoms with E-state index in [4.69, 9.17) is 14.2 Å². The van der Waals surface area contributed by atoms with Crippen molar-refractivity contribution < 1.29 is 27.4 Å². The number of carbonyl (C=O) groups excluding carboxylic acids is 1. The Kier molecular flexibility index (Phi) is 5.96. The molecule has 212 valence electrons. The standard InChI is InChI=1S/C29H29N5O6S/c1-38-18-4-7-23-21(14-18)29(28(35)31-23)16-22(29)17-3-6-20-24(13-17)32-33-27(20)30-25-15-19(5-8-26(25)39-2)41(36,37)34-9-11-40-12-10-34/h3-8,13-15,22H,9-12,16H2,1-2H3,(H,31,35)(H2,30,32,33)/t22-,29-/m0/s1. The van der Waals surface area contributed by atoms with E-state index in [0.29, 0.717) is 50.0 Å². The van der Waals surface area contributed by atoms with Gasteiger partial charge in [0.1, 0.15) is 11.5 Å². The third kappa shape index (κ3) is 4.04. The topological polar surface area (TPSA) is 135 Å². The van der Waals surface area contributed by atoms with Crippen LogP contribution in [0, 0.1) is 0 Å². The SMILES string of the molecule is COc1ccc2c(c1)[C@]1(C[C@H]1c1ccc3c(Nc4cc(S(=O)(=O)N5CCOCC5)ccc4OC)n[nH]c3c1)C(=O)N2. The summed E-state index contributed by atoms with van der Waals surface area (Å²) < 4.78 is 44.2. The molecule has 3 aromatic carbocycles. The fourth-order valence-corrected chi connectivity index (χ4v) is 7.49. The van der Waals surface area contributed by atoms with E-state index in [1.54, 1.807) is 25.3 Å². The molecule has 1 aliphatic carbocycles. The fourth-order valence-electron chi connectivity index (χ4n) is 6.06. The third-order valence-corrected chi connectivity index (χ3v) is 10.2. The Balaban J connectivity index is 1.18. The number of rotatable bonds is 7. The maximum atomic E-state index is 13.2. The van der Waals surface area contributed by atoms with Gasteiger partial charge in [-0.05, 0) is 66.1 Å². The van der Waals surface area contributed by atoms with Gasteiger partial charge >= 0.3 is 0 Å². The van der Waals surface area contributed by atoms with Crippen LogP contribution in [-0.4, -0.2) is 69.4 Å². The van der Waals surface area contributed by atoms with E-state index in [-0.39, 0.29) is 16.7 Å². The molecule has 0 bridgehead atoms. The molecule has 3 heterocycles. The third-order valence-electron chi connectivity index (χ3n) is 8.34. The van der Waals surface area contributed by atoms with Gasteiger partial charge in [-0.25, -0.2) is 8.42 Å². The van der Waals surface area contributed by atoms with Crippen LogP contribution in [0.25, 0.3) is 10.9 Å². The van der Waals surface area contributed by atoms with Crippen LogP contribution in [0.15, 0.2) is 59.5 Å². The number of aromatic amines is 1. The number of ether oxygens (including phenoxy) is 3. The Bertz CT molecular complexity index is 1800. The minimum atomic E-state index is -3.69. The molecule has 1 spiro atoms. The summed E-state index contributed by atoms with van der Waals surface area (Å²) in [5.74, 6) is 1.78. The fraction of sp³-hybridized carbons (Fsp3) is 0.310. The second kappa shape index (κ2) is 9.47. The molecule has 3 N–H and O–H groups in total. The first-order chi connectivity index (χ1) is 19.8. The Morgan fingerprint density at radius 1 is 1.05 bits per heavy atom. The molecule has 7 rings (SSSR count). The predicted octanol–water partition coefficient (Wildman–Crippen LogP) is 3.72. The highest BCUT2D eigenvalue weighted by molar-refractivity contribution is 7.89. The van der Waals surface area contributed by atoms with Crippen molar-refractivity contribution in [2.75, 3.05) is 51.2 Å². The monoisotopic (exact) mass is 575 g/mol. The highest BCUT2D eigenvalue weighted by Gasteiger charge is 2.65. The number of hydrogen-bond acceptors (Lipinski definition) is 8.